The molecule has 0 spiro atoms. The zero-order valence-electron chi connectivity index (χ0n) is 15.0. The molecule has 0 N–H and O–H groups in total. The first-order valence-electron chi connectivity index (χ1n) is 9.43. The van der Waals surface area contributed by atoms with Crippen molar-refractivity contribution in [2.45, 2.75) is 21.8 Å². The number of thioether (sulfide) groups is 6. The van der Waals surface area contributed by atoms with Crippen molar-refractivity contribution < 1.29 is 4.79 Å². The topological polar surface area (TPSA) is 23.6 Å². The molecule has 4 aliphatic rings. The Kier molecular flexibility index (Phi) is 8.27. The van der Waals surface area contributed by atoms with Crippen molar-refractivity contribution in [3.05, 3.63) is 0 Å². The zero-order valence-corrected chi connectivity index (χ0v) is 19.9. The fraction of sp³-hybridized carbons (Fsp3) is 0.941. The Labute approximate surface area is 183 Å². The van der Waals surface area contributed by atoms with E-state index in [9.17, 15) is 4.79 Å². The average Bonchev–Trinajstić information content (AvgIpc) is 3.50. The molecule has 3 atom stereocenters. The van der Waals surface area contributed by atoms with Crippen LogP contribution in [0.1, 0.15) is 0 Å². The lowest BCUT2D eigenvalue weighted by atomic mass is 10.3. The van der Waals surface area contributed by atoms with Gasteiger partial charge in [0.2, 0.25) is 0 Å². The van der Waals surface area contributed by atoms with Gasteiger partial charge in [-0.1, -0.05) is 0 Å². The first-order chi connectivity index (χ1) is 12.8. The monoisotopic (exact) mass is 468 g/mol. The summed E-state index contributed by atoms with van der Waals surface area (Å²) < 4.78 is 0. The van der Waals surface area contributed by atoms with Crippen LogP contribution in [0.25, 0.3) is 0 Å². The van der Waals surface area contributed by atoms with E-state index in [1.165, 1.54) is 34.5 Å². The molecule has 0 bridgehead atoms. The molecule has 4 saturated heterocycles. The molecule has 0 saturated carbocycles. The molecule has 9 heteroatoms. The van der Waals surface area contributed by atoms with Crippen molar-refractivity contribution in [1.29, 1.82) is 0 Å². The van der Waals surface area contributed by atoms with E-state index in [4.69, 9.17) is 0 Å². The van der Waals surface area contributed by atoms with Crippen LogP contribution in [0, 0.1) is 0 Å². The van der Waals surface area contributed by atoms with Crippen LogP contribution in [-0.2, 0) is 0 Å². The maximum absolute atomic E-state index is 12.9. The summed E-state index contributed by atoms with van der Waals surface area (Å²) in [4.78, 5) is 17.2. The van der Waals surface area contributed by atoms with Gasteiger partial charge in [-0.25, -0.2) is 4.79 Å². The molecule has 148 valence electrons. The number of amides is 2. The first kappa shape index (κ1) is 20.6. The van der Waals surface area contributed by atoms with Gasteiger partial charge in [0.1, 0.15) is 0 Å². The van der Waals surface area contributed by atoms with E-state index in [-0.39, 0.29) is 0 Å². The van der Waals surface area contributed by atoms with Gasteiger partial charge in [0.05, 0.1) is 6.04 Å². The van der Waals surface area contributed by atoms with Gasteiger partial charge in [0, 0.05) is 87.2 Å². The summed E-state index contributed by atoms with van der Waals surface area (Å²) in [5.41, 5.74) is 0. The quantitative estimate of drug-likeness (QED) is 0.283. The van der Waals surface area contributed by atoms with E-state index in [0.29, 0.717) is 12.1 Å². The maximum Gasteiger partial charge on any atom is 0.320 e. The number of hydrogen-bond donors (Lipinski definition) is 0. The third-order valence-corrected chi connectivity index (χ3v) is 12.0. The van der Waals surface area contributed by atoms with Crippen molar-refractivity contribution >= 4 is 76.6 Å². The summed E-state index contributed by atoms with van der Waals surface area (Å²) in [5.74, 6) is 11.2. The van der Waals surface area contributed by atoms with Gasteiger partial charge >= 0.3 is 6.03 Å². The highest BCUT2D eigenvalue weighted by molar-refractivity contribution is 8.09. The van der Waals surface area contributed by atoms with Gasteiger partial charge in [-0.05, 0) is 0 Å². The Hall–Kier alpha value is 1.37. The number of rotatable bonds is 14. The van der Waals surface area contributed by atoms with Gasteiger partial charge in [0.25, 0.3) is 0 Å². The lowest BCUT2D eigenvalue weighted by molar-refractivity contribution is 0.186. The molecule has 0 radical (unpaired) electrons. The van der Waals surface area contributed by atoms with Gasteiger partial charge in [0.15, 0.2) is 0 Å². The third kappa shape index (κ3) is 7.01. The van der Waals surface area contributed by atoms with E-state index in [0.717, 1.165) is 52.6 Å². The lowest BCUT2D eigenvalue weighted by Gasteiger charge is -2.27. The Morgan fingerprint density at radius 3 is 1.96 bits per heavy atom. The van der Waals surface area contributed by atoms with Crippen LogP contribution in [-0.4, -0.2) is 109 Å². The van der Waals surface area contributed by atoms with Gasteiger partial charge < -0.3 is 9.80 Å². The van der Waals surface area contributed by atoms with E-state index < -0.39 is 0 Å². The normalized spacial score (nSPS) is 30.8. The molecule has 2 amide bonds. The van der Waals surface area contributed by atoms with Crippen LogP contribution in [0.3, 0.4) is 0 Å². The molecule has 0 aromatic rings. The second-order valence-corrected chi connectivity index (χ2v) is 14.4. The first-order valence-corrected chi connectivity index (χ1v) is 16.0. The second kappa shape index (κ2) is 10.4. The Morgan fingerprint density at radius 1 is 0.885 bits per heavy atom. The van der Waals surface area contributed by atoms with Crippen molar-refractivity contribution in [2.24, 2.45) is 0 Å². The van der Waals surface area contributed by atoms with E-state index in [1.54, 1.807) is 0 Å². The highest BCUT2D eigenvalue weighted by Crippen LogP contribution is 2.35. The molecule has 26 heavy (non-hydrogen) atoms. The number of hydrogen-bond acceptors (Lipinski definition) is 7. The molecular formula is C17H28N2OS6. The molecule has 4 fully saturated rings. The number of nitrogens with zero attached hydrogens (tertiary/aromatic N) is 2. The standard InChI is InChI=1S/C17H28N2OS6/c20-17-18(3-4-21-7-14-10-24-14)1-2-19(17)13(5-22-8-15-11-25-15)6-23-9-16-12-26-16/h13-16H,1-12H2. The van der Waals surface area contributed by atoms with Crippen LogP contribution in [0.4, 0.5) is 4.79 Å². The smallest absolute Gasteiger partial charge is 0.320 e. The molecule has 3 nitrogen and oxygen atoms in total. The summed E-state index contributed by atoms with van der Waals surface area (Å²) in [5, 5.41) is 2.69. The lowest BCUT2D eigenvalue weighted by Crippen LogP contribution is -2.43. The number of urea groups is 1. The second-order valence-electron chi connectivity index (χ2n) is 7.13. The highest BCUT2D eigenvalue weighted by Gasteiger charge is 2.34. The molecule has 0 aromatic heterocycles. The van der Waals surface area contributed by atoms with E-state index in [1.807, 2.05) is 11.8 Å². The minimum Gasteiger partial charge on any atom is -0.322 e. The zero-order chi connectivity index (χ0) is 17.8. The Bertz CT molecular complexity index is 454. The fourth-order valence-electron chi connectivity index (χ4n) is 2.93. The van der Waals surface area contributed by atoms with E-state index >= 15 is 0 Å². The summed E-state index contributed by atoms with van der Waals surface area (Å²) >= 11 is 12.4. The van der Waals surface area contributed by atoms with Crippen LogP contribution in [0.15, 0.2) is 0 Å². The minimum atomic E-state index is 0.305. The highest BCUT2D eigenvalue weighted by atomic mass is 32.2. The Morgan fingerprint density at radius 2 is 1.42 bits per heavy atom. The Balaban J connectivity index is 1.20. The van der Waals surface area contributed by atoms with E-state index in [2.05, 4.69) is 68.6 Å². The van der Waals surface area contributed by atoms with Gasteiger partial charge in [-0.15, -0.1) is 0 Å². The van der Waals surface area contributed by atoms with Gasteiger partial charge in [-0.2, -0.15) is 70.6 Å². The van der Waals surface area contributed by atoms with Gasteiger partial charge in [-0.3, -0.25) is 0 Å². The third-order valence-electron chi connectivity index (χ3n) is 4.81. The van der Waals surface area contributed by atoms with Crippen LogP contribution >= 0.6 is 70.6 Å². The largest absolute Gasteiger partial charge is 0.322 e. The molecule has 4 aliphatic heterocycles. The predicted octanol–water partition coefficient (Wildman–Crippen LogP) is 3.64. The molecule has 3 unspecified atom stereocenters. The van der Waals surface area contributed by atoms with Crippen molar-refractivity contribution in [3.63, 3.8) is 0 Å². The maximum atomic E-state index is 12.9. The summed E-state index contributed by atoms with van der Waals surface area (Å²) in [6.07, 6.45) is 0. The SMILES string of the molecule is O=C1N(CCSCC2CS2)CCN1C(CSCC1CS1)CSCC1CS1. The molecule has 4 rings (SSSR count). The number of carbonyl (C=O) groups excluding carboxylic acids is 1. The van der Waals surface area contributed by atoms with Crippen molar-refractivity contribution in [1.82, 2.24) is 9.80 Å². The molecule has 0 aromatic carbocycles. The molecule has 4 heterocycles. The molecule has 0 aliphatic carbocycles. The predicted molar refractivity (Wildman–Crippen MR) is 128 cm³/mol. The fourth-order valence-corrected chi connectivity index (χ4v) is 9.38. The van der Waals surface area contributed by atoms with Crippen molar-refractivity contribution in [2.75, 3.05) is 71.4 Å². The minimum absolute atomic E-state index is 0.305. The van der Waals surface area contributed by atoms with Crippen LogP contribution in [0.5, 0.6) is 0 Å². The summed E-state index contributed by atoms with van der Waals surface area (Å²) in [6.45, 7) is 2.80. The van der Waals surface area contributed by atoms with Crippen LogP contribution in [0.2, 0.25) is 0 Å². The number of carbonyl (C=O) groups is 1. The average molecular weight is 469 g/mol. The summed E-state index contributed by atoms with van der Waals surface area (Å²) in [6, 6.07) is 0.727. The van der Waals surface area contributed by atoms with Crippen LogP contribution < -0.4 is 0 Å². The van der Waals surface area contributed by atoms with Crippen molar-refractivity contribution in [3.8, 4) is 0 Å². The summed E-state index contributed by atoms with van der Waals surface area (Å²) in [7, 11) is 0. The molecular weight excluding hydrogens is 441 g/mol.